The van der Waals surface area contributed by atoms with E-state index in [2.05, 4.69) is 15.7 Å². The molecule has 2 aromatic heterocycles. The molecule has 0 spiro atoms. The first-order valence-electron chi connectivity index (χ1n) is 8.60. The third-order valence-corrected chi connectivity index (χ3v) is 5.41. The van der Waals surface area contributed by atoms with Crippen LogP contribution in [0.2, 0.25) is 0 Å². The predicted octanol–water partition coefficient (Wildman–Crippen LogP) is 1.77. The molecule has 26 heavy (non-hydrogen) atoms. The highest BCUT2D eigenvalue weighted by Crippen LogP contribution is 2.34. The van der Waals surface area contributed by atoms with Gasteiger partial charge in [-0.15, -0.1) is 0 Å². The van der Waals surface area contributed by atoms with Crippen LogP contribution < -0.4 is 10.6 Å². The number of nitrogens with zero attached hydrogens (tertiary/aromatic N) is 2. The monoisotopic (exact) mass is 376 g/mol. The number of rotatable bonds is 6. The van der Waals surface area contributed by atoms with E-state index in [1.165, 1.54) is 6.26 Å². The number of hydrogen-bond donors (Lipinski definition) is 2. The first-order chi connectivity index (χ1) is 12.7. The molecule has 2 aliphatic heterocycles. The topological polar surface area (TPSA) is 98.4 Å². The van der Waals surface area contributed by atoms with Crippen LogP contribution in [0.3, 0.4) is 0 Å². The van der Waals surface area contributed by atoms with Crippen molar-refractivity contribution in [1.82, 2.24) is 15.1 Å². The maximum Gasteiger partial charge on any atom is 0.292 e. The molecular formula is C17H20N4O4S. The van der Waals surface area contributed by atoms with Crippen LogP contribution in [0, 0.1) is 0 Å². The minimum Gasteiger partial charge on any atom is -0.459 e. The second kappa shape index (κ2) is 7.55. The highest BCUT2D eigenvalue weighted by Gasteiger charge is 2.26. The molecule has 0 bridgehead atoms. The van der Waals surface area contributed by atoms with Crippen molar-refractivity contribution in [3.05, 3.63) is 35.4 Å². The molecule has 9 heteroatoms. The van der Waals surface area contributed by atoms with E-state index in [1.807, 2.05) is 0 Å². The summed E-state index contributed by atoms with van der Waals surface area (Å²) in [6.07, 6.45) is 3.55. The molecule has 138 valence electrons. The lowest BCUT2D eigenvalue weighted by atomic mass is 10.2. The van der Waals surface area contributed by atoms with Crippen LogP contribution in [0.25, 0.3) is 0 Å². The van der Waals surface area contributed by atoms with Gasteiger partial charge in [0.05, 0.1) is 18.1 Å². The van der Waals surface area contributed by atoms with Gasteiger partial charge in [-0.2, -0.15) is 16.9 Å². The zero-order valence-electron chi connectivity index (χ0n) is 14.2. The number of aromatic nitrogens is 2. The molecule has 8 nitrogen and oxygen atoms in total. The number of ether oxygens (including phenoxy) is 1. The van der Waals surface area contributed by atoms with Gasteiger partial charge in [0.1, 0.15) is 12.4 Å². The summed E-state index contributed by atoms with van der Waals surface area (Å²) in [6, 6.07) is 3.25. The Kier molecular flexibility index (Phi) is 4.98. The zero-order valence-corrected chi connectivity index (χ0v) is 15.0. The van der Waals surface area contributed by atoms with Gasteiger partial charge < -0.3 is 19.8 Å². The third kappa shape index (κ3) is 3.63. The Bertz CT molecular complexity index is 796. The number of carbonyl (C=O) groups is 2. The number of thioether (sulfide) groups is 1. The first-order valence-corrected chi connectivity index (χ1v) is 9.75. The summed E-state index contributed by atoms with van der Waals surface area (Å²) in [7, 11) is 0. The normalized spacial score (nSPS) is 18.7. The molecule has 4 rings (SSSR count). The van der Waals surface area contributed by atoms with Crippen LogP contribution >= 0.6 is 11.8 Å². The van der Waals surface area contributed by atoms with Gasteiger partial charge in [-0.05, 0) is 25.0 Å². The van der Waals surface area contributed by atoms with E-state index in [9.17, 15) is 9.59 Å². The summed E-state index contributed by atoms with van der Waals surface area (Å²) in [4.78, 5) is 24.6. The molecule has 0 aliphatic carbocycles. The standard InChI is InChI=1S/C17H20N4O4S/c22-15(18-7-11-3-1-5-24-11)8-21-16(12-9-26-10-13(12)20-21)19-17(23)14-4-2-6-25-14/h2,4,6,11H,1,3,5,7-10H2,(H,18,22)(H,19,23)/t11-/m1/s1. The largest absolute Gasteiger partial charge is 0.459 e. The Labute approximate surface area is 154 Å². The summed E-state index contributed by atoms with van der Waals surface area (Å²) >= 11 is 1.74. The fraction of sp³-hybridized carbons (Fsp3) is 0.471. The number of hydrogen-bond acceptors (Lipinski definition) is 6. The SMILES string of the molecule is O=C(Cn1nc2c(c1NC(=O)c1ccco1)CSC2)NC[C@H]1CCCO1. The van der Waals surface area contributed by atoms with Crippen molar-refractivity contribution in [1.29, 1.82) is 0 Å². The lowest BCUT2D eigenvalue weighted by Gasteiger charge is -2.13. The van der Waals surface area contributed by atoms with E-state index in [0.29, 0.717) is 12.4 Å². The number of nitrogens with one attached hydrogen (secondary N) is 2. The molecule has 1 atom stereocenters. The van der Waals surface area contributed by atoms with E-state index >= 15 is 0 Å². The second-order valence-corrected chi connectivity index (χ2v) is 7.28. The zero-order chi connectivity index (χ0) is 17.9. The summed E-state index contributed by atoms with van der Waals surface area (Å²) in [6.45, 7) is 1.31. The van der Waals surface area contributed by atoms with Crippen molar-refractivity contribution in [3.8, 4) is 0 Å². The van der Waals surface area contributed by atoms with Gasteiger partial charge in [0, 0.05) is 30.2 Å². The van der Waals surface area contributed by atoms with E-state index < -0.39 is 0 Å². The molecule has 2 aromatic rings. The van der Waals surface area contributed by atoms with Crippen LogP contribution in [-0.2, 0) is 27.6 Å². The maximum atomic E-state index is 12.3. The quantitative estimate of drug-likeness (QED) is 0.797. The van der Waals surface area contributed by atoms with E-state index in [0.717, 1.165) is 42.2 Å². The molecule has 0 saturated carbocycles. The third-order valence-electron chi connectivity index (χ3n) is 4.44. The summed E-state index contributed by atoms with van der Waals surface area (Å²) in [5.74, 6) is 1.83. The van der Waals surface area contributed by atoms with Crippen molar-refractivity contribution in [2.45, 2.75) is 37.0 Å². The van der Waals surface area contributed by atoms with Gasteiger partial charge in [0.2, 0.25) is 5.91 Å². The lowest BCUT2D eigenvalue weighted by molar-refractivity contribution is -0.122. The lowest BCUT2D eigenvalue weighted by Crippen LogP contribution is -2.34. The molecular weight excluding hydrogens is 356 g/mol. The second-order valence-electron chi connectivity index (χ2n) is 6.29. The molecule has 0 aromatic carbocycles. The minimum absolute atomic E-state index is 0.0537. The Morgan fingerprint density at radius 3 is 3.08 bits per heavy atom. The smallest absolute Gasteiger partial charge is 0.292 e. The number of anilines is 1. The predicted molar refractivity (Wildman–Crippen MR) is 95.9 cm³/mol. The molecule has 4 heterocycles. The molecule has 1 saturated heterocycles. The fourth-order valence-corrected chi connectivity index (χ4v) is 4.16. The number of furan rings is 1. The van der Waals surface area contributed by atoms with Crippen molar-refractivity contribution < 1.29 is 18.7 Å². The van der Waals surface area contributed by atoms with Crippen LogP contribution in [0.1, 0.15) is 34.7 Å². The van der Waals surface area contributed by atoms with Gasteiger partial charge in [-0.3, -0.25) is 9.59 Å². The summed E-state index contributed by atoms with van der Waals surface area (Å²) in [5.41, 5.74) is 1.89. The fourth-order valence-electron chi connectivity index (χ4n) is 3.12. The average Bonchev–Trinajstić information content (AvgIpc) is 3.40. The van der Waals surface area contributed by atoms with E-state index in [-0.39, 0.29) is 30.2 Å². The summed E-state index contributed by atoms with van der Waals surface area (Å²) in [5, 5.41) is 10.2. The van der Waals surface area contributed by atoms with E-state index in [4.69, 9.17) is 9.15 Å². The van der Waals surface area contributed by atoms with Crippen LogP contribution in [-0.4, -0.2) is 40.9 Å². The number of carbonyl (C=O) groups excluding carboxylic acids is 2. The number of fused-ring (bicyclic) bond motifs is 1. The van der Waals surface area contributed by atoms with Crippen molar-refractivity contribution >= 4 is 29.4 Å². The summed E-state index contributed by atoms with van der Waals surface area (Å²) < 4.78 is 12.2. The molecule has 0 radical (unpaired) electrons. The Hall–Kier alpha value is -2.26. The Balaban J connectivity index is 1.45. The molecule has 2 aliphatic rings. The van der Waals surface area contributed by atoms with Gasteiger partial charge in [-0.1, -0.05) is 0 Å². The van der Waals surface area contributed by atoms with Crippen molar-refractivity contribution in [2.75, 3.05) is 18.5 Å². The average molecular weight is 376 g/mol. The number of amides is 2. The van der Waals surface area contributed by atoms with Crippen LogP contribution in [0.5, 0.6) is 0 Å². The Morgan fingerprint density at radius 1 is 1.38 bits per heavy atom. The van der Waals surface area contributed by atoms with E-state index in [1.54, 1.807) is 28.6 Å². The molecule has 0 unspecified atom stereocenters. The molecule has 2 N–H and O–H groups in total. The highest BCUT2D eigenvalue weighted by molar-refractivity contribution is 7.98. The minimum atomic E-state index is -0.351. The van der Waals surface area contributed by atoms with Gasteiger partial charge in [0.25, 0.3) is 5.91 Å². The van der Waals surface area contributed by atoms with Gasteiger partial charge in [-0.25, -0.2) is 4.68 Å². The highest BCUT2D eigenvalue weighted by atomic mass is 32.2. The van der Waals surface area contributed by atoms with Crippen molar-refractivity contribution in [2.24, 2.45) is 0 Å². The molecule has 1 fully saturated rings. The van der Waals surface area contributed by atoms with Gasteiger partial charge >= 0.3 is 0 Å². The van der Waals surface area contributed by atoms with Crippen molar-refractivity contribution in [3.63, 3.8) is 0 Å². The first kappa shape index (κ1) is 17.2. The molecule has 2 amide bonds. The maximum absolute atomic E-state index is 12.3. The Morgan fingerprint density at radius 2 is 2.31 bits per heavy atom. The van der Waals surface area contributed by atoms with Crippen LogP contribution in [0.15, 0.2) is 22.8 Å². The van der Waals surface area contributed by atoms with Gasteiger partial charge in [0.15, 0.2) is 5.76 Å². The van der Waals surface area contributed by atoms with Crippen LogP contribution in [0.4, 0.5) is 5.82 Å².